The van der Waals surface area contributed by atoms with Gasteiger partial charge in [0.25, 0.3) is 11.5 Å². The summed E-state index contributed by atoms with van der Waals surface area (Å²) in [5, 5.41) is 4.74. The number of carbonyl (C=O) groups excluding carboxylic acids is 1. The van der Waals surface area contributed by atoms with E-state index in [0.29, 0.717) is 17.1 Å². The topological polar surface area (TPSA) is 81.8 Å². The Morgan fingerprint density at radius 3 is 2.75 bits per heavy atom. The van der Waals surface area contributed by atoms with Gasteiger partial charge in [-0.1, -0.05) is 20.8 Å². The average Bonchev–Trinajstić information content (AvgIpc) is 3.20. The number of thiophene rings is 1. The molecule has 0 saturated heterocycles. The first-order chi connectivity index (χ1) is 13.1. The van der Waals surface area contributed by atoms with Gasteiger partial charge in [0.05, 0.1) is 5.39 Å². The predicted molar refractivity (Wildman–Crippen MR) is 110 cm³/mol. The summed E-state index contributed by atoms with van der Waals surface area (Å²) in [7, 11) is 1.74. The van der Waals surface area contributed by atoms with Crippen LogP contribution in [0.5, 0.6) is 0 Å². The fourth-order valence-electron chi connectivity index (χ4n) is 3.89. The van der Waals surface area contributed by atoms with Crippen LogP contribution in [0.3, 0.4) is 0 Å². The summed E-state index contributed by atoms with van der Waals surface area (Å²) in [5.74, 6) is 0.636. The zero-order valence-electron chi connectivity index (χ0n) is 16.9. The Hall–Kier alpha value is -2.48. The molecule has 0 fully saturated rings. The minimum atomic E-state index is -0.427. The van der Waals surface area contributed by atoms with Gasteiger partial charge < -0.3 is 0 Å². The Kier molecular flexibility index (Phi) is 4.41. The van der Waals surface area contributed by atoms with Crippen molar-refractivity contribution in [3.63, 3.8) is 0 Å². The minimum Gasteiger partial charge on any atom is -0.275 e. The highest BCUT2D eigenvalue weighted by molar-refractivity contribution is 7.18. The van der Waals surface area contributed by atoms with Crippen molar-refractivity contribution in [2.45, 2.75) is 47.0 Å². The molecule has 0 bridgehead atoms. The third-order valence-corrected chi connectivity index (χ3v) is 6.78. The van der Waals surface area contributed by atoms with E-state index in [4.69, 9.17) is 0 Å². The lowest BCUT2D eigenvalue weighted by Gasteiger charge is -2.33. The number of rotatable bonds is 2. The van der Waals surface area contributed by atoms with E-state index in [1.807, 2.05) is 0 Å². The van der Waals surface area contributed by atoms with E-state index in [1.165, 1.54) is 9.55 Å². The molecule has 3 aromatic rings. The summed E-state index contributed by atoms with van der Waals surface area (Å²) in [6.07, 6.45) is 4.62. The number of fused-ring (bicyclic) bond motifs is 3. The molecule has 8 heteroatoms. The standard InChI is InChI=1S/C20H25N5O2S/c1-11-21-18-16(13-7-6-12(20(2,3)4)10-15(13)28-18)19(27)25(11)23-17(26)14-8-9-24(5)22-14/h8-9,12H,6-7,10H2,1-5H3,(H,23,26)/t12-/m1/s1. The Balaban J connectivity index is 1.74. The molecular weight excluding hydrogens is 374 g/mol. The third-order valence-electron chi connectivity index (χ3n) is 5.63. The Bertz CT molecular complexity index is 1130. The maximum atomic E-state index is 13.2. The molecule has 0 spiro atoms. The molecule has 0 aliphatic heterocycles. The first-order valence-corrected chi connectivity index (χ1v) is 10.3. The molecule has 3 aromatic heterocycles. The zero-order chi connectivity index (χ0) is 20.2. The molecule has 28 heavy (non-hydrogen) atoms. The number of nitrogens with one attached hydrogen (secondary N) is 1. The van der Waals surface area contributed by atoms with E-state index in [1.54, 1.807) is 42.3 Å². The zero-order valence-corrected chi connectivity index (χ0v) is 17.7. The summed E-state index contributed by atoms with van der Waals surface area (Å²) < 4.78 is 2.80. The van der Waals surface area contributed by atoms with Gasteiger partial charge >= 0.3 is 0 Å². The molecule has 0 unspecified atom stereocenters. The van der Waals surface area contributed by atoms with Crippen LogP contribution in [0.15, 0.2) is 17.1 Å². The minimum absolute atomic E-state index is 0.210. The van der Waals surface area contributed by atoms with Crippen LogP contribution in [0.25, 0.3) is 10.2 Å². The van der Waals surface area contributed by atoms with Gasteiger partial charge in [-0.15, -0.1) is 11.3 Å². The van der Waals surface area contributed by atoms with Crippen LogP contribution in [0.2, 0.25) is 0 Å². The average molecular weight is 400 g/mol. The fraction of sp³-hybridized carbons (Fsp3) is 0.500. The molecule has 148 valence electrons. The molecule has 1 atom stereocenters. The number of hydrogen-bond acceptors (Lipinski definition) is 5. The number of hydrogen-bond donors (Lipinski definition) is 1. The highest BCUT2D eigenvalue weighted by Gasteiger charge is 2.32. The van der Waals surface area contributed by atoms with Crippen LogP contribution in [0.4, 0.5) is 0 Å². The van der Waals surface area contributed by atoms with Crippen molar-refractivity contribution < 1.29 is 4.79 Å². The van der Waals surface area contributed by atoms with Crippen molar-refractivity contribution >= 4 is 27.5 Å². The van der Waals surface area contributed by atoms with Crippen molar-refractivity contribution in [3.05, 3.63) is 44.6 Å². The van der Waals surface area contributed by atoms with Gasteiger partial charge in [-0.3, -0.25) is 19.7 Å². The van der Waals surface area contributed by atoms with Crippen LogP contribution in [0, 0.1) is 18.3 Å². The maximum absolute atomic E-state index is 13.2. The van der Waals surface area contributed by atoms with Gasteiger partial charge in [-0.2, -0.15) is 5.10 Å². The number of amides is 1. The van der Waals surface area contributed by atoms with Crippen molar-refractivity contribution in [1.29, 1.82) is 0 Å². The van der Waals surface area contributed by atoms with Gasteiger partial charge in [-0.05, 0) is 49.1 Å². The van der Waals surface area contributed by atoms with Gasteiger partial charge in [0, 0.05) is 18.1 Å². The van der Waals surface area contributed by atoms with E-state index in [2.05, 4.69) is 36.3 Å². The molecule has 4 rings (SSSR count). The van der Waals surface area contributed by atoms with Gasteiger partial charge in [0.15, 0.2) is 5.69 Å². The van der Waals surface area contributed by atoms with E-state index in [-0.39, 0.29) is 16.7 Å². The largest absolute Gasteiger partial charge is 0.290 e. The molecular formula is C20H25N5O2S. The van der Waals surface area contributed by atoms with Crippen molar-refractivity contribution in [3.8, 4) is 0 Å². The van der Waals surface area contributed by atoms with Crippen LogP contribution < -0.4 is 11.0 Å². The van der Waals surface area contributed by atoms with E-state index >= 15 is 0 Å². The SMILES string of the molecule is Cc1nc2sc3c(c2c(=O)n1NC(=O)c1ccn(C)n1)CC[C@@H](C(C)(C)C)C3. The summed E-state index contributed by atoms with van der Waals surface area (Å²) in [4.78, 5) is 32.4. The molecule has 1 aliphatic carbocycles. The summed E-state index contributed by atoms with van der Waals surface area (Å²) in [6.45, 7) is 8.56. The fourth-order valence-corrected chi connectivity index (χ4v) is 5.23. The van der Waals surface area contributed by atoms with Crippen LogP contribution in [0.1, 0.15) is 53.9 Å². The second-order valence-corrected chi connectivity index (χ2v) is 9.69. The smallest absolute Gasteiger partial charge is 0.275 e. The summed E-state index contributed by atoms with van der Waals surface area (Å²) >= 11 is 1.62. The highest BCUT2D eigenvalue weighted by Crippen LogP contribution is 2.42. The monoisotopic (exact) mass is 399 g/mol. The number of nitrogens with zero attached hydrogens (tertiary/aromatic N) is 4. The molecule has 1 amide bonds. The molecule has 7 nitrogen and oxygen atoms in total. The van der Waals surface area contributed by atoms with Crippen LogP contribution in [-0.4, -0.2) is 25.3 Å². The second kappa shape index (κ2) is 6.55. The van der Waals surface area contributed by atoms with Crippen molar-refractivity contribution in [2.75, 3.05) is 5.43 Å². The van der Waals surface area contributed by atoms with Crippen LogP contribution >= 0.6 is 11.3 Å². The lowest BCUT2D eigenvalue weighted by atomic mass is 9.72. The molecule has 1 aliphatic rings. The molecule has 0 aromatic carbocycles. The predicted octanol–water partition coefficient (Wildman–Crippen LogP) is 3.03. The van der Waals surface area contributed by atoms with Crippen molar-refractivity contribution in [1.82, 2.24) is 19.4 Å². The highest BCUT2D eigenvalue weighted by atomic mass is 32.1. The Morgan fingerprint density at radius 2 is 2.11 bits per heavy atom. The molecule has 0 saturated carbocycles. The number of aromatic nitrogens is 4. The number of aryl methyl sites for hydroxylation is 3. The first kappa shape index (κ1) is 18.9. The Labute approximate surface area is 167 Å². The summed E-state index contributed by atoms with van der Waals surface area (Å²) in [6, 6.07) is 1.61. The lowest BCUT2D eigenvalue weighted by molar-refractivity contribution is 0.100. The maximum Gasteiger partial charge on any atom is 0.290 e. The van der Waals surface area contributed by atoms with Gasteiger partial charge in [-0.25, -0.2) is 9.66 Å². The van der Waals surface area contributed by atoms with Crippen LogP contribution in [-0.2, 0) is 19.9 Å². The normalized spacial score (nSPS) is 17.0. The third kappa shape index (κ3) is 3.15. The van der Waals surface area contributed by atoms with E-state index < -0.39 is 5.91 Å². The van der Waals surface area contributed by atoms with E-state index in [0.717, 1.165) is 29.7 Å². The Morgan fingerprint density at radius 1 is 1.36 bits per heavy atom. The van der Waals surface area contributed by atoms with Gasteiger partial charge in [0.1, 0.15) is 10.7 Å². The van der Waals surface area contributed by atoms with Crippen molar-refractivity contribution in [2.24, 2.45) is 18.4 Å². The molecule has 3 heterocycles. The second-order valence-electron chi connectivity index (χ2n) is 8.60. The lowest BCUT2D eigenvalue weighted by Crippen LogP contribution is -2.36. The molecule has 1 N–H and O–H groups in total. The first-order valence-electron chi connectivity index (χ1n) is 9.50. The summed E-state index contributed by atoms with van der Waals surface area (Å²) in [5.41, 5.74) is 4.06. The van der Waals surface area contributed by atoms with Gasteiger partial charge in [0.2, 0.25) is 0 Å². The number of carbonyl (C=O) groups is 1. The quantitative estimate of drug-likeness (QED) is 0.718. The molecule has 0 radical (unpaired) electrons. The van der Waals surface area contributed by atoms with E-state index in [9.17, 15) is 9.59 Å².